The summed E-state index contributed by atoms with van der Waals surface area (Å²) in [6.07, 6.45) is 0.850. The first kappa shape index (κ1) is 30.9. The molecule has 1 atom stereocenters. The van der Waals surface area contributed by atoms with Crippen LogP contribution in [0.2, 0.25) is 0 Å². The number of likely N-dealkylation sites (N-methyl/N-ethyl adjacent to an activating group) is 1. The molecule has 1 unspecified atom stereocenters. The van der Waals surface area contributed by atoms with Crippen molar-refractivity contribution in [1.82, 2.24) is 15.1 Å². The number of alkyl halides is 3. The largest absolute Gasteiger partial charge is 0.573 e. The van der Waals surface area contributed by atoms with E-state index < -0.39 is 6.36 Å². The fraction of sp³-hybridized carbons (Fsp3) is 0.433. The standard InChI is InChI=1S/C29H33F3N4O3.CH2O2/c1-34-16-18-35(19-17-34)23-7-5-22(6-8-23)27(38)33-25-20-28(25)12-14-36(15-13-28)26(37)11-4-21-2-9-24(10-3-21)39-29(30,31)32;2-1-3/h2-11,25H,12-20H2,1H3,(H,33,38);1H,(H,2,3)/b11-4+;. The highest BCUT2D eigenvalue weighted by Gasteiger charge is 2.55. The lowest BCUT2D eigenvalue weighted by Crippen LogP contribution is -2.44. The summed E-state index contributed by atoms with van der Waals surface area (Å²) in [4.78, 5) is 40.3. The van der Waals surface area contributed by atoms with Crippen LogP contribution in [0.1, 0.15) is 35.2 Å². The number of benzene rings is 2. The third-order valence-electron chi connectivity index (χ3n) is 8.10. The SMILES string of the molecule is CN1CCN(c2ccc(C(=O)NC3CC34CCN(C(=O)/C=C/c3ccc(OC(F)(F)F)cc3)CC4)cc2)CC1.O=CO. The van der Waals surface area contributed by atoms with Gasteiger partial charge in [0.05, 0.1) is 0 Å². The van der Waals surface area contributed by atoms with Gasteiger partial charge in [0.1, 0.15) is 5.75 Å². The number of piperazine rings is 1. The van der Waals surface area contributed by atoms with Gasteiger partial charge in [0.15, 0.2) is 0 Å². The highest BCUT2D eigenvalue weighted by atomic mass is 19.4. The van der Waals surface area contributed by atoms with Crippen LogP contribution in [0.3, 0.4) is 0 Å². The number of halogens is 3. The van der Waals surface area contributed by atoms with Crippen molar-refractivity contribution >= 4 is 30.0 Å². The van der Waals surface area contributed by atoms with Gasteiger partial charge < -0.3 is 29.9 Å². The molecule has 12 heteroatoms. The fourth-order valence-electron chi connectivity index (χ4n) is 5.46. The van der Waals surface area contributed by atoms with Crippen LogP contribution in [0.25, 0.3) is 6.08 Å². The van der Waals surface area contributed by atoms with Crippen LogP contribution in [0.15, 0.2) is 54.6 Å². The van der Waals surface area contributed by atoms with Gasteiger partial charge in [0.25, 0.3) is 12.4 Å². The Morgan fingerprint density at radius 1 is 0.976 bits per heavy atom. The Bertz CT molecular complexity index is 1250. The van der Waals surface area contributed by atoms with E-state index in [2.05, 4.69) is 26.9 Å². The minimum atomic E-state index is -4.74. The zero-order valence-electron chi connectivity index (χ0n) is 23.3. The number of carbonyl (C=O) groups excluding carboxylic acids is 2. The summed E-state index contributed by atoms with van der Waals surface area (Å²) in [5.41, 5.74) is 2.45. The average molecular weight is 589 g/mol. The van der Waals surface area contributed by atoms with Crippen LogP contribution in [0, 0.1) is 5.41 Å². The van der Waals surface area contributed by atoms with Gasteiger partial charge in [-0.05, 0) is 79.8 Å². The first-order valence-electron chi connectivity index (χ1n) is 13.8. The van der Waals surface area contributed by atoms with Gasteiger partial charge in [-0.1, -0.05) is 12.1 Å². The number of hydrogen-bond acceptors (Lipinski definition) is 6. The van der Waals surface area contributed by atoms with E-state index in [-0.39, 0.29) is 35.5 Å². The van der Waals surface area contributed by atoms with Crippen molar-refractivity contribution in [1.29, 1.82) is 0 Å². The molecule has 2 N–H and O–H groups in total. The zero-order chi connectivity index (χ0) is 30.3. The Hall–Kier alpha value is -4.06. The molecule has 9 nitrogen and oxygen atoms in total. The van der Waals surface area contributed by atoms with E-state index in [4.69, 9.17) is 9.90 Å². The maximum atomic E-state index is 12.9. The highest BCUT2D eigenvalue weighted by molar-refractivity contribution is 5.95. The van der Waals surface area contributed by atoms with Crippen molar-refractivity contribution in [3.8, 4) is 5.75 Å². The number of likely N-dealkylation sites (tertiary alicyclic amines) is 1. The van der Waals surface area contributed by atoms with E-state index in [1.165, 1.54) is 30.3 Å². The maximum absolute atomic E-state index is 12.9. The first-order chi connectivity index (χ1) is 20.0. The summed E-state index contributed by atoms with van der Waals surface area (Å²) < 4.78 is 40.8. The summed E-state index contributed by atoms with van der Waals surface area (Å²) in [6.45, 7) is 4.99. The zero-order valence-corrected chi connectivity index (χ0v) is 23.3. The van der Waals surface area contributed by atoms with Crippen molar-refractivity contribution in [2.24, 2.45) is 5.41 Å². The van der Waals surface area contributed by atoms with Gasteiger partial charge in [-0.2, -0.15) is 0 Å². The number of rotatable bonds is 6. The second-order valence-electron chi connectivity index (χ2n) is 10.8. The number of ether oxygens (including phenoxy) is 1. The van der Waals surface area contributed by atoms with Gasteiger partial charge in [-0.15, -0.1) is 13.2 Å². The van der Waals surface area contributed by atoms with E-state index in [0.29, 0.717) is 24.2 Å². The number of carbonyl (C=O) groups is 3. The Morgan fingerprint density at radius 2 is 1.57 bits per heavy atom. The number of nitrogens with one attached hydrogen (secondary N) is 1. The molecular weight excluding hydrogens is 553 g/mol. The molecule has 0 aromatic heterocycles. The molecule has 0 radical (unpaired) electrons. The van der Waals surface area contributed by atoms with Gasteiger partial charge in [0, 0.05) is 62.6 Å². The number of anilines is 1. The van der Waals surface area contributed by atoms with Crippen LogP contribution < -0.4 is 15.0 Å². The number of hydrogen-bond donors (Lipinski definition) is 2. The van der Waals surface area contributed by atoms with Crippen LogP contribution in [-0.2, 0) is 9.59 Å². The lowest BCUT2D eigenvalue weighted by molar-refractivity contribution is -0.274. The third-order valence-corrected chi connectivity index (χ3v) is 8.10. The second kappa shape index (κ2) is 13.3. The molecule has 0 bridgehead atoms. The molecule has 42 heavy (non-hydrogen) atoms. The van der Waals surface area contributed by atoms with Gasteiger partial charge >= 0.3 is 6.36 Å². The lowest BCUT2D eigenvalue weighted by atomic mass is 9.92. The van der Waals surface area contributed by atoms with Crippen molar-refractivity contribution in [2.75, 3.05) is 51.2 Å². The minimum absolute atomic E-state index is 0.0459. The molecule has 2 aromatic rings. The molecule has 2 amide bonds. The molecule has 5 rings (SSSR count). The highest BCUT2D eigenvalue weighted by Crippen LogP contribution is 2.54. The lowest BCUT2D eigenvalue weighted by Gasteiger charge is -2.34. The molecular formula is C30H35F3N4O5. The van der Waals surface area contributed by atoms with Crippen molar-refractivity contribution < 1.29 is 37.4 Å². The molecule has 1 spiro atoms. The van der Waals surface area contributed by atoms with Crippen LogP contribution in [0.5, 0.6) is 5.75 Å². The van der Waals surface area contributed by atoms with Crippen molar-refractivity contribution in [3.63, 3.8) is 0 Å². The molecule has 2 aromatic carbocycles. The summed E-state index contributed by atoms with van der Waals surface area (Å²) in [7, 11) is 2.13. The normalized spacial score (nSPS) is 20.0. The topological polar surface area (TPSA) is 102 Å². The van der Waals surface area contributed by atoms with E-state index in [1.54, 1.807) is 11.0 Å². The van der Waals surface area contributed by atoms with Crippen molar-refractivity contribution in [2.45, 2.75) is 31.7 Å². The Morgan fingerprint density at radius 3 is 2.14 bits per heavy atom. The van der Waals surface area contributed by atoms with E-state index in [0.717, 1.165) is 51.1 Å². The monoisotopic (exact) mass is 588 g/mol. The quantitative estimate of drug-likeness (QED) is 0.390. The van der Waals surface area contributed by atoms with Crippen molar-refractivity contribution in [3.05, 3.63) is 65.7 Å². The molecule has 2 heterocycles. The average Bonchev–Trinajstić information content (AvgIpc) is 3.63. The predicted molar refractivity (Wildman–Crippen MR) is 151 cm³/mol. The molecule has 1 aliphatic carbocycles. The van der Waals surface area contributed by atoms with Gasteiger partial charge in [-0.25, -0.2) is 0 Å². The van der Waals surface area contributed by atoms with E-state index in [1.807, 2.05) is 24.3 Å². The fourth-order valence-corrected chi connectivity index (χ4v) is 5.46. The minimum Gasteiger partial charge on any atom is -0.483 e. The third kappa shape index (κ3) is 8.25. The Balaban J connectivity index is 0.00000129. The summed E-state index contributed by atoms with van der Waals surface area (Å²) in [5, 5.41) is 10.1. The van der Waals surface area contributed by atoms with Crippen LogP contribution in [0.4, 0.5) is 18.9 Å². The molecule has 3 aliphatic rings. The van der Waals surface area contributed by atoms with Crippen LogP contribution >= 0.6 is 0 Å². The second-order valence-corrected chi connectivity index (χ2v) is 10.8. The smallest absolute Gasteiger partial charge is 0.483 e. The maximum Gasteiger partial charge on any atom is 0.573 e. The molecule has 226 valence electrons. The predicted octanol–water partition coefficient (Wildman–Crippen LogP) is 3.86. The summed E-state index contributed by atoms with van der Waals surface area (Å²) in [5.74, 6) is -0.502. The van der Waals surface area contributed by atoms with Gasteiger partial charge in [0.2, 0.25) is 5.91 Å². The Labute approximate surface area is 242 Å². The number of nitrogens with zero attached hydrogens (tertiary/aromatic N) is 3. The molecule has 3 fully saturated rings. The van der Waals surface area contributed by atoms with Gasteiger partial charge in [-0.3, -0.25) is 14.4 Å². The Kier molecular flexibility index (Phi) is 9.77. The van der Waals surface area contributed by atoms with Crippen LogP contribution in [-0.4, -0.2) is 91.9 Å². The number of piperidine rings is 1. The van der Waals surface area contributed by atoms with E-state index in [9.17, 15) is 22.8 Å². The molecule has 1 saturated carbocycles. The first-order valence-corrected chi connectivity index (χ1v) is 13.8. The summed E-state index contributed by atoms with van der Waals surface area (Å²) in [6, 6.07) is 13.3. The molecule has 2 saturated heterocycles. The van der Waals surface area contributed by atoms with E-state index >= 15 is 0 Å². The molecule has 2 aliphatic heterocycles. The number of amides is 2. The number of carboxylic acid groups (broad SMARTS) is 1. The summed E-state index contributed by atoms with van der Waals surface area (Å²) >= 11 is 0.